The summed E-state index contributed by atoms with van der Waals surface area (Å²) in [5, 5.41) is 14.4. The summed E-state index contributed by atoms with van der Waals surface area (Å²) in [6.07, 6.45) is 5.40. The third-order valence-electron chi connectivity index (χ3n) is 8.25. The van der Waals surface area contributed by atoms with Gasteiger partial charge < -0.3 is 20.2 Å². The third-order valence-corrected chi connectivity index (χ3v) is 13.8. The van der Waals surface area contributed by atoms with E-state index in [1.165, 1.54) is 4.88 Å². The summed E-state index contributed by atoms with van der Waals surface area (Å²) in [7, 11) is -1.98. The van der Waals surface area contributed by atoms with Crippen molar-refractivity contribution in [2.24, 2.45) is 11.7 Å². The molecule has 1 amide bonds. The molecule has 3 aromatic heterocycles. The Kier molecular flexibility index (Phi) is 10.6. The van der Waals surface area contributed by atoms with E-state index in [0.29, 0.717) is 24.8 Å². The van der Waals surface area contributed by atoms with Gasteiger partial charge in [0.1, 0.15) is 28.4 Å². The number of carbonyl (C=O) groups is 1. The molecule has 0 radical (unpaired) electrons. The minimum absolute atomic E-state index is 0.0541. The van der Waals surface area contributed by atoms with Crippen LogP contribution in [0.3, 0.4) is 0 Å². The molecule has 0 bridgehead atoms. The van der Waals surface area contributed by atoms with E-state index < -0.39 is 14.2 Å². The smallest absolute Gasteiger partial charge is 0.267 e. The Labute approximate surface area is 259 Å². The SMILES string of the molecule is C[C@H](CO[Si](C)(C)C(C)(C)C)Oc1nc(C(N)=O)cc(NCC2CCN(Cc3cnc(-c4ccccn4)s3)CC2)c1C#N. The molecule has 43 heavy (non-hydrogen) atoms. The summed E-state index contributed by atoms with van der Waals surface area (Å²) < 4.78 is 12.4. The molecule has 0 spiro atoms. The number of amides is 1. The highest BCUT2D eigenvalue weighted by Crippen LogP contribution is 2.37. The van der Waals surface area contributed by atoms with Crippen LogP contribution in [0.4, 0.5) is 5.69 Å². The number of primary amides is 1. The third kappa shape index (κ3) is 8.60. The van der Waals surface area contributed by atoms with Gasteiger partial charge in [-0.25, -0.2) is 9.97 Å². The van der Waals surface area contributed by atoms with E-state index in [1.807, 2.05) is 31.3 Å². The summed E-state index contributed by atoms with van der Waals surface area (Å²) >= 11 is 1.69. The molecule has 0 saturated carbocycles. The van der Waals surface area contributed by atoms with Crippen molar-refractivity contribution in [2.45, 2.75) is 71.3 Å². The van der Waals surface area contributed by atoms with Crippen molar-refractivity contribution >= 4 is 31.2 Å². The number of rotatable bonds is 12. The number of hydrogen-bond donors (Lipinski definition) is 2. The van der Waals surface area contributed by atoms with Crippen LogP contribution >= 0.6 is 11.3 Å². The fraction of sp³-hybridized carbons (Fsp3) is 0.516. The maximum absolute atomic E-state index is 12.1. The summed E-state index contributed by atoms with van der Waals surface area (Å²) in [6.45, 7) is 16.6. The monoisotopic (exact) mass is 621 g/mol. The van der Waals surface area contributed by atoms with Gasteiger partial charge in [0.15, 0.2) is 8.32 Å². The Hall–Kier alpha value is -3.37. The highest BCUT2D eigenvalue weighted by Gasteiger charge is 2.37. The number of thiazole rings is 1. The molecule has 0 aromatic carbocycles. The van der Waals surface area contributed by atoms with Gasteiger partial charge in [0.2, 0.25) is 5.88 Å². The summed E-state index contributed by atoms with van der Waals surface area (Å²) in [5.41, 5.74) is 7.31. The zero-order valence-electron chi connectivity index (χ0n) is 26.0. The van der Waals surface area contributed by atoms with Crippen LogP contribution in [0.5, 0.6) is 5.88 Å². The molecule has 0 aliphatic carbocycles. The molecule has 230 valence electrons. The number of aromatic nitrogens is 3. The van der Waals surface area contributed by atoms with E-state index >= 15 is 0 Å². The molecule has 1 aliphatic heterocycles. The van der Waals surface area contributed by atoms with Gasteiger partial charge in [0.05, 0.1) is 18.0 Å². The number of pyridine rings is 2. The highest BCUT2D eigenvalue weighted by atomic mass is 32.1. The first-order chi connectivity index (χ1) is 20.4. The lowest BCUT2D eigenvalue weighted by Gasteiger charge is -2.36. The van der Waals surface area contributed by atoms with Crippen molar-refractivity contribution < 1.29 is 14.0 Å². The van der Waals surface area contributed by atoms with Gasteiger partial charge in [0, 0.05) is 30.4 Å². The van der Waals surface area contributed by atoms with Gasteiger partial charge in [-0.05, 0) is 75.1 Å². The maximum Gasteiger partial charge on any atom is 0.267 e. The second kappa shape index (κ2) is 13.9. The highest BCUT2D eigenvalue weighted by molar-refractivity contribution is 7.15. The Morgan fingerprint density at radius 3 is 2.65 bits per heavy atom. The minimum Gasteiger partial charge on any atom is -0.471 e. The lowest BCUT2D eigenvalue weighted by molar-refractivity contribution is 0.0990. The van der Waals surface area contributed by atoms with Crippen LogP contribution in [0.1, 0.15) is 61.5 Å². The van der Waals surface area contributed by atoms with Crippen molar-refractivity contribution in [3.63, 3.8) is 0 Å². The first-order valence-electron chi connectivity index (χ1n) is 14.7. The summed E-state index contributed by atoms with van der Waals surface area (Å²) in [4.78, 5) is 29.0. The maximum atomic E-state index is 12.1. The van der Waals surface area contributed by atoms with E-state index in [9.17, 15) is 10.1 Å². The molecule has 12 heteroatoms. The number of nitrogens with two attached hydrogens (primary N) is 1. The molecule has 1 saturated heterocycles. The number of piperidine rings is 1. The van der Waals surface area contributed by atoms with Gasteiger partial charge >= 0.3 is 0 Å². The van der Waals surface area contributed by atoms with Gasteiger partial charge in [-0.2, -0.15) is 5.26 Å². The van der Waals surface area contributed by atoms with Crippen molar-refractivity contribution in [3.05, 3.63) is 52.8 Å². The number of anilines is 1. The van der Waals surface area contributed by atoms with Crippen LogP contribution in [0.25, 0.3) is 10.7 Å². The van der Waals surface area contributed by atoms with Crippen LogP contribution in [-0.2, 0) is 11.0 Å². The first-order valence-corrected chi connectivity index (χ1v) is 18.5. The number of nitriles is 1. The first kappa shape index (κ1) is 32.5. The normalized spacial score (nSPS) is 15.6. The average Bonchev–Trinajstić information content (AvgIpc) is 3.44. The molecule has 1 atom stereocenters. The van der Waals surface area contributed by atoms with E-state index in [-0.39, 0.29) is 28.3 Å². The number of ether oxygens (including phenoxy) is 1. The largest absolute Gasteiger partial charge is 0.471 e. The van der Waals surface area contributed by atoms with Crippen LogP contribution in [-0.4, -0.2) is 66.4 Å². The topological polar surface area (TPSA) is 139 Å². The van der Waals surface area contributed by atoms with Crippen molar-refractivity contribution in [2.75, 3.05) is 31.6 Å². The second-order valence-corrected chi connectivity index (χ2v) is 18.6. The van der Waals surface area contributed by atoms with Gasteiger partial charge in [-0.1, -0.05) is 26.8 Å². The molecule has 4 rings (SSSR count). The Balaban J connectivity index is 1.34. The van der Waals surface area contributed by atoms with Crippen molar-refractivity contribution in [1.82, 2.24) is 19.9 Å². The zero-order valence-corrected chi connectivity index (χ0v) is 27.8. The average molecular weight is 622 g/mol. The Morgan fingerprint density at radius 2 is 2.02 bits per heavy atom. The number of nitrogens with zero attached hydrogens (tertiary/aromatic N) is 5. The summed E-state index contributed by atoms with van der Waals surface area (Å²) in [5.74, 6) is -0.165. The number of likely N-dealkylation sites (tertiary alicyclic amines) is 1. The number of hydrogen-bond acceptors (Lipinski definition) is 10. The molecular formula is C31H43N7O3SSi. The van der Waals surface area contributed by atoms with E-state index in [0.717, 1.165) is 43.2 Å². The lowest BCUT2D eigenvalue weighted by atomic mass is 9.96. The second-order valence-electron chi connectivity index (χ2n) is 12.7. The summed E-state index contributed by atoms with van der Waals surface area (Å²) in [6, 6.07) is 9.62. The fourth-order valence-corrected chi connectivity index (χ4v) is 6.58. The van der Waals surface area contributed by atoms with E-state index in [4.69, 9.17) is 14.9 Å². The predicted octanol–water partition coefficient (Wildman–Crippen LogP) is 5.68. The standard InChI is InChI=1S/C31H43N7O3SSi/c1-21(20-40-43(5,6)31(2,3)4)41-29-24(16-32)26(15-27(37-29)28(33)39)35-17-22-10-13-38(14-11-22)19-23-18-36-30(42-23)25-9-7-8-12-34-25/h7-9,12,15,18,21-22H,10-11,13-14,17,19-20H2,1-6H3,(H2,33,39)(H,35,37)/t21-/m1/s1. The van der Waals surface area contributed by atoms with Crippen molar-refractivity contribution in [3.8, 4) is 22.7 Å². The minimum atomic E-state index is -1.98. The molecule has 0 unspecified atom stereocenters. The lowest BCUT2D eigenvalue weighted by Crippen LogP contribution is -2.43. The van der Waals surface area contributed by atoms with Crippen LogP contribution in [0.2, 0.25) is 18.1 Å². The van der Waals surface area contributed by atoms with Gasteiger partial charge in [-0.15, -0.1) is 11.3 Å². The predicted molar refractivity (Wildman–Crippen MR) is 173 cm³/mol. The Morgan fingerprint density at radius 1 is 1.28 bits per heavy atom. The molecule has 4 heterocycles. The van der Waals surface area contributed by atoms with Crippen LogP contribution < -0.4 is 15.8 Å². The van der Waals surface area contributed by atoms with Crippen LogP contribution in [0, 0.1) is 17.2 Å². The molecule has 3 N–H and O–H groups in total. The number of carbonyl (C=O) groups excluding carboxylic acids is 1. The fourth-order valence-electron chi connectivity index (χ4n) is 4.56. The molecular weight excluding hydrogens is 579 g/mol. The van der Waals surface area contributed by atoms with Crippen molar-refractivity contribution in [1.29, 1.82) is 5.26 Å². The molecule has 3 aromatic rings. The van der Waals surface area contributed by atoms with Gasteiger partial charge in [-0.3, -0.25) is 14.7 Å². The number of nitrogens with one attached hydrogen (secondary N) is 1. The quantitative estimate of drug-likeness (QED) is 0.244. The zero-order chi connectivity index (χ0) is 31.2. The van der Waals surface area contributed by atoms with Crippen LogP contribution in [0.15, 0.2) is 36.7 Å². The van der Waals surface area contributed by atoms with Gasteiger partial charge in [0.25, 0.3) is 5.91 Å². The molecule has 1 fully saturated rings. The molecule has 10 nitrogen and oxygen atoms in total. The van der Waals surface area contributed by atoms with E-state index in [1.54, 1.807) is 23.6 Å². The van der Waals surface area contributed by atoms with E-state index in [2.05, 4.69) is 65.1 Å². The Bertz CT molecular complexity index is 1430. The molecule has 1 aliphatic rings.